The normalized spacial score (nSPS) is 10.2. The second kappa shape index (κ2) is 7.92. The van der Waals surface area contributed by atoms with Crippen LogP contribution < -0.4 is 5.32 Å². The molecule has 1 amide bonds. The van der Waals surface area contributed by atoms with Crippen LogP contribution in [0.15, 0.2) is 30.3 Å². The summed E-state index contributed by atoms with van der Waals surface area (Å²) in [4.78, 5) is 35.7. The summed E-state index contributed by atoms with van der Waals surface area (Å²) in [6, 6.07) is 5.00. The zero-order chi connectivity index (χ0) is 19.4. The van der Waals surface area contributed by atoms with Gasteiger partial charge in [-0.15, -0.1) is 0 Å². The summed E-state index contributed by atoms with van der Waals surface area (Å²) in [5, 5.41) is 2.05. The summed E-state index contributed by atoms with van der Waals surface area (Å²) in [6.45, 7) is 0. The molecule has 0 unspecified atom stereocenters. The summed E-state index contributed by atoms with van der Waals surface area (Å²) >= 11 is 5.76. The monoisotopic (exact) mass is 383 g/mol. The quantitative estimate of drug-likeness (QED) is 0.646. The number of anilines is 1. The minimum Gasteiger partial charge on any atom is -0.465 e. The molecule has 0 aliphatic heterocycles. The lowest BCUT2D eigenvalue weighted by atomic mass is 10.1. The molecule has 6 nitrogen and oxygen atoms in total. The fourth-order valence-electron chi connectivity index (χ4n) is 2.07. The van der Waals surface area contributed by atoms with Crippen LogP contribution >= 0.6 is 11.6 Å². The van der Waals surface area contributed by atoms with Crippen molar-refractivity contribution >= 4 is 35.1 Å². The van der Waals surface area contributed by atoms with Crippen LogP contribution in [0.3, 0.4) is 0 Å². The number of carbonyl (C=O) groups excluding carboxylic acids is 3. The van der Waals surface area contributed by atoms with E-state index >= 15 is 0 Å². The summed E-state index contributed by atoms with van der Waals surface area (Å²) in [5.74, 6) is -4.83. The molecule has 26 heavy (non-hydrogen) atoms. The Balaban J connectivity index is 2.42. The van der Waals surface area contributed by atoms with Gasteiger partial charge in [0.25, 0.3) is 5.91 Å². The van der Waals surface area contributed by atoms with E-state index in [0.717, 1.165) is 14.2 Å². The number of benzene rings is 2. The Kier molecular flexibility index (Phi) is 5.89. The highest BCUT2D eigenvalue weighted by Crippen LogP contribution is 2.23. The van der Waals surface area contributed by atoms with Gasteiger partial charge < -0.3 is 14.8 Å². The highest BCUT2D eigenvalue weighted by Gasteiger charge is 2.18. The van der Waals surface area contributed by atoms with Crippen LogP contribution in [0.25, 0.3) is 0 Å². The molecule has 0 aliphatic carbocycles. The molecule has 0 saturated carbocycles. The zero-order valence-electron chi connectivity index (χ0n) is 13.6. The molecule has 0 heterocycles. The third-order valence-electron chi connectivity index (χ3n) is 3.29. The Hall–Kier alpha value is -3.00. The average molecular weight is 384 g/mol. The molecule has 0 fully saturated rings. The van der Waals surface area contributed by atoms with Crippen LogP contribution in [-0.4, -0.2) is 32.1 Å². The highest BCUT2D eigenvalue weighted by atomic mass is 35.5. The number of ether oxygens (including phenoxy) is 2. The van der Waals surface area contributed by atoms with Gasteiger partial charge in [-0.25, -0.2) is 18.4 Å². The maximum Gasteiger partial charge on any atom is 0.337 e. The molecule has 2 rings (SSSR count). The van der Waals surface area contributed by atoms with E-state index in [1.807, 2.05) is 0 Å². The van der Waals surface area contributed by atoms with Crippen molar-refractivity contribution in [3.8, 4) is 0 Å². The van der Waals surface area contributed by atoms with Gasteiger partial charge in [-0.3, -0.25) is 4.79 Å². The van der Waals surface area contributed by atoms with Gasteiger partial charge in [-0.05, 0) is 30.3 Å². The lowest BCUT2D eigenvalue weighted by Crippen LogP contribution is -2.15. The summed E-state index contributed by atoms with van der Waals surface area (Å²) in [7, 11) is 2.29. The van der Waals surface area contributed by atoms with Crippen LogP contribution in [0.5, 0.6) is 0 Å². The number of rotatable bonds is 4. The Morgan fingerprint density at radius 1 is 0.885 bits per heavy atom. The fourth-order valence-corrected chi connectivity index (χ4v) is 2.30. The van der Waals surface area contributed by atoms with E-state index in [9.17, 15) is 23.2 Å². The standard InChI is InChI=1S/C17H12ClF2NO5/c1-25-16(23)8-3-9(17(24)26-2)5-10(4-8)21-15(22)11-6-13(19)14(20)7-12(11)18/h3-7H,1-2H3,(H,21,22). The van der Waals surface area contributed by atoms with Crippen LogP contribution in [0.2, 0.25) is 5.02 Å². The first kappa shape index (κ1) is 19.3. The number of amides is 1. The smallest absolute Gasteiger partial charge is 0.337 e. The van der Waals surface area contributed by atoms with Crippen LogP contribution in [-0.2, 0) is 9.47 Å². The maximum absolute atomic E-state index is 13.4. The lowest BCUT2D eigenvalue weighted by molar-refractivity contribution is 0.0599. The van der Waals surface area contributed by atoms with Gasteiger partial charge in [0, 0.05) is 5.69 Å². The number of esters is 2. The molecule has 0 bridgehead atoms. The molecule has 2 aromatic rings. The van der Waals surface area contributed by atoms with Crippen molar-refractivity contribution in [2.24, 2.45) is 0 Å². The van der Waals surface area contributed by atoms with Crippen molar-refractivity contribution in [3.05, 3.63) is 63.7 Å². The van der Waals surface area contributed by atoms with Crippen LogP contribution in [0, 0.1) is 11.6 Å². The number of hydrogen-bond donors (Lipinski definition) is 1. The molecule has 0 aliphatic rings. The number of hydrogen-bond acceptors (Lipinski definition) is 5. The Morgan fingerprint density at radius 3 is 1.88 bits per heavy atom. The third kappa shape index (κ3) is 4.15. The molecule has 2 aromatic carbocycles. The topological polar surface area (TPSA) is 81.7 Å². The minimum absolute atomic E-state index is 0.0258. The molecular formula is C17H12ClF2NO5. The summed E-state index contributed by atoms with van der Waals surface area (Å²) < 4.78 is 35.6. The largest absolute Gasteiger partial charge is 0.465 e. The first-order valence-corrected chi connectivity index (χ1v) is 7.42. The Bertz CT molecular complexity index is 867. The summed E-state index contributed by atoms with van der Waals surface area (Å²) in [6.07, 6.45) is 0. The molecule has 0 atom stereocenters. The van der Waals surface area contributed by atoms with Gasteiger partial charge in [0.05, 0.1) is 35.9 Å². The van der Waals surface area contributed by atoms with Crippen molar-refractivity contribution in [1.29, 1.82) is 0 Å². The molecule has 0 radical (unpaired) electrons. The zero-order valence-corrected chi connectivity index (χ0v) is 14.3. The molecule has 0 spiro atoms. The lowest BCUT2D eigenvalue weighted by Gasteiger charge is -2.10. The first-order valence-electron chi connectivity index (χ1n) is 7.04. The SMILES string of the molecule is COC(=O)c1cc(NC(=O)c2cc(F)c(F)cc2Cl)cc(C(=O)OC)c1. The molecular weight excluding hydrogens is 372 g/mol. The second-order valence-electron chi connectivity index (χ2n) is 4.98. The van der Waals surface area contributed by atoms with E-state index in [-0.39, 0.29) is 27.4 Å². The van der Waals surface area contributed by atoms with Crippen molar-refractivity contribution in [2.45, 2.75) is 0 Å². The highest BCUT2D eigenvalue weighted by molar-refractivity contribution is 6.34. The Morgan fingerprint density at radius 2 is 1.38 bits per heavy atom. The van der Waals surface area contributed by atoms with Gasteiger partial charge in [-0.1, -0.05) is 11.6 Å². The van der Waals surface area contributed by atoms with Crippen molar-refractivity contribution in [3.63, 3.8) is 0 Å². The van der Waals surface area contributed by atoms with Crippen molar-refractivity contribution < 1.29 is 32.6 Å². The fraction of sp³-hybridized carbons (Fsp3) is 0.118. The van der Waals surface area contributed by atoms with Gasteiger partial charge in [0.1, 0.15) is 0 Å². The van der Waals surface area contributed by atoms with Crippen LogP contribution in [0.4, 0.5) is 14.5 Å². The van der Waals surface area contributed by atoms with Crippen molar-refractivity contribution in [1.82, 2.24) is 0 Å². The molecule has 9 heteroatoms. The van der Waals surface area contributed by atoms with Gasteiger partial charge in [0.2, 0.25) is 0 Å². The van der Waals surface area contributed by atoms with E-state index in [0.29, 0.717) is 12.1 Å². The predicted molar refractivity (Wildman–Crippen MR) is 88.4 cm³/mol. The van der Waals surface area contributed by atoms with E-state index in [2.05, 4.69) is 14.8 Å². The number of halogens is 3. The molecule has 136 valence electrons. The summed E-state index contributed by atoms with van der Waals surface area (Å²) in [5.41, 5.74) is -0.350. The minimum atomic E-state index is -1.25. The third-order valence-corrected chi connectivity index (χ3v) is 3.60. The molecule has 0 saturated heterocycles. The average Bonchev–Trinajstić information content (AvgIpc) is 2.62. The Labute approximate surface area is 151 Å². The molecule has 0 aromatic heterocycles. The number of carbonyl (C=O) groups is 3. The van der Waals surface area contributed by atoms with E-state index < -0.39 is 29.5 Å². The van der Waals surface area contributed by atoms with Gasteiger partial charge in [-0.2, -0.15) is 0 Å². The van der Waals surface area contributed by atoms with E-state index in [1.165, 1.54) is 18.2 Å². The van der Waals surface area contributed by atoms with Gasteiger partial charge in [0.15, 0.2) is 11.6 Å². The number of nitrogens with one attached hydrogen (secondary N) is 1. The second-order valence-corrected chi connectivity index (χ2v) is 5.39. The first-order chi connectivity index (χ1) is 12.3. The van der Waals surface area contributed by atoms with Gasteiger partial charge >= 0.3 is 11.9 Å². The van der Waals surface area contributed by atoms with E-state index in [4.69, 9.17) is 11.6 Å². The van der Waals surface area contributed by atoms with E-state index in [1.54, 1.807) is 0 Å². The molecule has 1 N–H and O–H groups in total. The predicted octanol–water partition coefficient (Wildman–Crippen LogP) is 3.44. The number of methoxy groups -OCH3 is 2. The maximum atomic E-state index is 13.4. The van der Waals surface area contributed by atoms with Crippen molar-refractivity contribution in [2.75, 3.05) is 19.5 Å². The van der Waals surface area contributed by atoms with Crippen LogP contribution in [0.1, 0.15) is 31.1 Å².